The van der Waals surface area contributed by atoms with Crippen molar-refractivity contribution in [3.63, 3.8) is 0 Å². The second-order valence-electron chi connectivity index (χ2n) is 6.43. The minimum absolute atomic E-state index is 0.0706. The van der Waals surface area contributed by atoms with E-state index in [4.69, 9.17) is 18.6 Å². The Hall–Kier alpha value is -3.20. The number of likely N-dealkylation sites (N-methyl/N-ethyl adjacent to an activating group) is 1. The molecule has 0 aliphatic rings. The van der Waals surface area contributed by atoms with Crippen LogP contribution in [0.3, 0.4) is 0 Å². The number of benzene rings is 2. The second kappa shape index (κ2) is 9.53. The van der Waals surface area contributed by atoms with Crippen LogP contribution in [0.15, 0.2) is 52.1 Å². The zero-order valence-electron chi connectivity index (χ0n) is 17.4. The Morgan fingerprint density at radius 3 is 2.17 bits per heavy atom. The SMILES string of the molecule is COc1cc(-c2nnc(SC(C(=O)N(C)C)c3ccccc3)o2)cc(OC)c1OC. The first-order chi connectivity index (χ1) is 14.5. The maximum atomic E-state index is 12.7. The first-order valence-corrected chi connectivity index (χ1v) is 9.93. The molecule has 1 heterocycles. The first-order valence-electron chi connectivity index (χ1n) is 9.05. The average molecular weight is 429 g/mol. The maximum Gasteiger partial charge on any atom is 0.277 e. The number of aromatic nitrogens is 2. The maximum absolute atomic E-state index is 12.7. The lowest BCUT2D eigenvalue weighted by Crippen LogP contribution is -2.26. The summed E-state index contributed by atoms with van der Waals surface area (Å²) in [6, 6.07) is 12.9. The summed E-state index contributed by atoms with van der Waals surface area (Å²) >= 11 is 1.20. The molecule has 0 saturated heterocycles. The smallest absolute Gasteiger partial charge is 0.277 e. The van der Waals surface area contributed by atoms with E-state index in [1.165, 1.54) is 33.1 Å². The Morgan fingerprint density at radius 2 is 1.63 bits per heavy atom. The van der Waals surface area contributed by atoms with Gasteiger partial charge in [-0.25, -0.2) is 0 Å². The van der Waals surface area contributed by atoms with Crippen LogP contribution in [0, 0.1) is 0 Å². The molecule has 30 heavy (non-hydrogen) atoms. The summed E-state index contributed by atoms with van der Waals surface area (Å²) in [6.45, 7) is 0. The second-order valence-corrected chi connectivity index (χ2v) is 7.48. The van der Waals surface area contributed by atoms with Gasteiger partial charge >= 0.3 is 0 Å². The Morgan fingerprint density at radius 1 is 1.00 bits per heavy atom. The molecule has 9 heteroatoms. The minimum Gasteiger partial charge on any atom is -0.493 e. The van der Waals surface area contributed by atoms with E-state index >= 15 is 0 Å². The van der Waals surface area contributed by atoms with E-state index in [0.29, 0.717) is 22.8 Å². The number of rotatable bonds is 8. The molecule has 0 spiro atoms. The molecule has 8 nitrogen and oxygen atoms in total. The number of ether oxygens (including phenoxy) is 3. The molecule has 0 aliphatic carbocycles. The van der Waals surface area contributed by atoms with Crippen LogP contribution >= 0.6 is 11.8 Å². The Balaban J connectivity index is 1.93. The van der Waals surface area contributed by atoms with Crippen LogP contribution in [0.1, 0.15) is 10.8 Å². The third-order valence-corrected chi connectivity index (χ3v) is 5.38. The Bertz CT molecular complexity index is 982. The van der Waals surface area contributed by atoms with Crippen molar-refractivity contribution in [2.75, 3.05) is 35.4 Å². The quantitative estimate of drug-likeness (QED) is 0.501. The molecule has 1 atom stereocenters. The topological polar surface area (TPSA) is 86.9 Å². The van der Waals surface area contributed by atoms with E-state index in [0.717, 1.165) is 5.56 Å². The highest BCUT2D eigenvalue weighted by Crippen LogP contribution is 2.42. The molecule has 0 saturated carbocycles. The molecule has 0 radical (unpaired) electrons. The lowest BCUT2D eigenvalue weighted by Gasteiger charge is -2.18. The summed E-state index contributed by atoms with van der Waals surface area (Å²) in [7, 11) is 8.04. The van der Waals surface area contributed by atoms with Crippen molar-refractivity contribution < 1.29 is 23.4 Å². The number of carbonyl (C=O) groups excluding carboxylic acids is 1. The molecule has 0 aliphatic heterocycles. The van der Waals surface area contributed by atoms with Crippen LogP contribution in [0.2, 0.25) is 0 Å². The highest BCUT2D eigenvalue weighted by Gasteiger charge is 2.26. The van der Waals surface area contributed by atoms with Crippen LogP contribution in [0.5, 0.6) is 17.2 Å². The van der Waals surface area contributed by atoms with E-state index in [-0.39, 0.29) is 17.0 Å². The van der Waals surface area contributed by atoms with Gasteiger partial charge in [0.2, 0.25) is 17.5 Å². The van der Waals surface area contributed by atoms with Gasteiger partial charge in [0.15, 0.2) is 11.5 Å². The van der Waals surface area contributed by atoms with E-state index in [1.807, 2.05) is 30.3 Å². The van der Waals surface area contributed by atoms with E-state index in [2.05, 4.69) is 10.2 Å². The molecule has 0 bridgehead atoms. The zero-order valence-corrected chi connectivity index (χ0v) is 18.2. The molecule has 1 aromatic heterocycles. The van der Waals surface area contributed by atoms with Crippen LogP contribution in [0.4, 0.5) is 0 Å². The van der Waals surface area contributed by atoms with Gasteiger partial charge in [-0.15, -0.1) is 10.2 Å². The van der Waals surface area contributed by atoms with E-state index in [1.54, 1.807) is 31.1 Å². The predicted octanol–water partition coefficient (Wildman–Crippen LogP) is 3.68. The van der Waals surface area contributed by atoms with Gasteiger partial charge in [0.05, 0.1) is 21.3 Å². The van der Waals surface area contributed by atoms with Gasteiger partial charge in [-0.3, -0.25) is 4.79 Å². The molecule has 3 aromatic rings. The number of carbonyl (C=O) groups is 1. The van der Waals surface area contributed by atoms with Crippen LogP contribution < -0.4 is 14.2 Å². The fourth-order valence-electron chi connectivity index (χ4n) is 2.80. The van der Waals surface area contributed by atoms with Crippen LogP contribution in [-0.2, 0) is 4.79 Å². The van der Waals surface area contributed by atoms with Crippen LogP contribution in [-0.4, -0.2) is 56.4 Å². The Kier molecular flexibility index (Phi) is 6.83. The van der Waals surface area contributed by atoms with Gasteiger partial charge in [-0.2, -0.15) is 0 Å². The summed E-state index contributed by atoms with van der Waals surface area (Å²) in [5.41, 5.74) is 1.47. The van der Waals surface area contributed by atoms with Gasteiger partial charge < -0.3 is 23.5 Å². The largest absolute Gasteiger partial charge is 0.493 e. The molecular formula is C21H23N3O5S. The first kappa shape index (κ1) is 21.5. The summed E-state index contributed by atoms with van der Waals surface area (Å²) in [4.78, 5) is 14.3. The van der Waals surface area contributed by atoms with Gasteiger partial charge in [0, 0.05) is 19.7 Å². The van der Waals surface area contributed by atoms with Crippen molar-refractivity contribution in [2.45, 2.75) is 10.5 Å². The van der Waals surface area contributed by atoms with Crippen LogP contribution in [0.25, 0.3) is 11.5 Å². The van der Waals surface area contributed by atoms with E-state index in [9.17, 15) is 4.79 Å². The fraction of sp³-hybridized carbons (Fsp3) is 0.286. The fourth-order valence-corrected chi connectivity index (χ4v) is 3.82. The van der Waals surface area contributed by atoms with Gasteiger partial charge in [-0.1, -0.05) is 30.3 Å². The van der Waals surface area contributed by atoms with Gasteiger partial charge in [0.1, 0.15) is 5.25 Å². The molecule has 158 valence electrons. The highest BCUT2D eigenvalue weighted by molar-refractivity contribution is 8.00. The average Bonchev–Trinajstić information content (AvgIpc) is 3.25. The molecule has 0 fully saturated rings. The zero-order chi connectivity index (χ0) is 21.7. The van der Waals surface area contributed by atoms with Crippen molar-refractivity contribution in [1.82, 2.24) is 15.1 Å². The minimum atomic E-state index is -0.505. The lowest BCUT2D eigenvalue weighted by molar-refractivity contribution is -0.128. The van der Waals surface area contributed by atoms with Crippen molar-refractivity contribution in [2.24, 2.45) is 0 Å². The number of hydrogen-bond donors (Lipinski definition) is 0. The number of thioether (sulfide) groups is 1. The molecular weight excluding hydrogens is 406 g/mol. The van der Waals surface area contributed by atoms with Crippen molar-refractivity contribution >= 4 is 17.7 Å². The standard InChI is InChI=1S/C21H23N3O5S/c1-24(2)20(25)18(13-9-7-6-8-10-13)30-21-23-22-19(29-21)14-11-15(26-3)17(28-5)16(12-14)27-4/h6-12,18H,1-5H3. The number of hydrogen-bond acceptors (Lipinski definition) is 8. The van der Waals surface area contributed by atoms with Gasteiger partial charge in [0.25, 0.3) is 5.22 Å². The molecule has 3 rings (SSSR count). The number of methoxy groups -OCH3 is 3. The summed E-state index contributed by atoms with van der Waals surface area (Å²) in [6.07, 6.45) is 0. The van der Waals surface area contributed by atoms with E-state index < -0.39 is 5.25 Å². The summed E-state index contributed by atoms with van der Waals surface area (Å²) in [5.74, 6) is 1.63. The van der Waals surface area contributed by atoms with Crippen molar-refractivity contribution in [3.8, 4) is 28.7 Å². The van der Waals surface area contributed by atoms with Crippen molar-refractivity contribution in [1.29, 1.82) is 0 Å². The normalized spacial score (nSPS) is 11.6. The third-order valence-electron chi connectivity index (χ3n) is 4.30. The highest BCUT2D eigenvalue weighted by atomic mass is 32.2. The molecule has 0 N–H and O–H groups in total. The molecule has 1 unspecified atom stereocenters. The number of amides is 1. The molecule has 1 amide bonds. The predicted molar refractivity (Wildman–Crippen MR) is 113 cm³/mol. The summed E-state index contributed by atoms with van der Waals surface area (Å²) in [5, 5.41) is 8.02. The third kappa shape index (κ3) is 4.51. The summed E-state index contributed by atoms with van der Waals surface area (Å²) < 4.78 is 21.9. The van der Waals surface area contributed by atoms with Crippen molar-refractivity contribution in [3.05, 3.63) is 48.0 Å². The monoisotopic (exact) mass is 429 g/mol. The van der Waals surface area contributed by atoms with Gasteiger partial charge in [-0.05, 0) is 29.5 Å². The lowest BCUT2D eigenvalue weighted by atomic mass is 10.1. The molecule has 2 aromatic carbocycles. The Labute approximate surface area is 179 Å². The number of nitrogens with zero attached hydrogens (tertiary/aromatic N) is 3.